The second-order valence-electron chi connectivity index (χ2n) is 7.02. The molecule has 0 unspecified atom stereocenters. The molecule has 1 atom stereocenters. The van der Waals surface area contributed by atoms with Crippen LogP contribution < -0.4 is 10.1 Å². The highest BCUT2D eigenvalue weighted by atomic mass is 32.2. The van der Waals surface area contributed by atoms with Crippen molar-refractivity contribution in [2.75, 3.05) is 26.7 Å². The molecule has 0 radical (unpaired) electrons. The number of hydrogen-bond acceptors (Lipinski definition) is 4. The third kappa shape index (κ3) is 3.89. The third-order valence-electron chi connectivity index (χ3n) is 5.37. The molecule has 5 rings (SSSR count). The Morgan fingerprint density at radius 2 is 1.88 bits per heavy atom. The van der Waals surface area contributed by atoms with Gasteiger partial charge in [0, 0.05) is 27.9 Å². The Balaban J connectivity index is 1.38. The normalized spacial score (nSPS) is 24.3. The average molecular weight is 369 g/mol. The summed E-state index contributed by atoms with van der Waals surface area (Å²) in [6.45, 7) is 3.38. The summed E-state index contributed by atoms with van der Waals surface area (Å²) in [6, 6.07) is 16.1. The molecule has 4 nitrogen and oxygen atoms in total. The van der Waals surface area contributed by atoms with Gasteiger partial charge in [-0.3, -0.25) is 4.79 Å². The maximum atomic E-state index is 12.6. The summed E-state index contributed by atoms with van der Waals surface area (Å²) >= 11 is 1.66. The van der Waals surface area contributed by atoms with Crippen LogP contribution in [0.3, 0.4) is 0 Å². The van der Waals surface area contributed by atoms with E-state index in [1.165, 1.54) is 25.9 Å². The molecule has 136 valence electrons. The van der Waals surface area contributed by atoms with Gasteiger partial charge in [0.25, 0.3) is 5.91 Å². The van der Waals surface area contributed by atoms with Crippen molar-refractivity contribution < 1.29 is 9.53 Å². The monoisotopic (exact) mass is 368 g/mol. The van der Waals surface area contributed by atoms with Crippen LogP contribution in [0.4, 0.5) is 0 Å². The van der Waals surface area contributed by atoms with Gasteiger partial charge in [-0.15, -0.1) is 0 Å². The van der Waals surface area contributed by atoms with Gasteiger partial charge >= 0.3 is 0 Å². The fourth-order valence-corrected chi connectivity index (χ4v) is 4.72. The van der Waals surface area contributed by atoms with E-state index in [1.807, 2.05) is 42.5 Å². The Morgan fingerprint density at radius 1 is 1.12 bits per heavy atom. The van der Waals surface area contributed by atoms with E-state index >= 15 is 0 Å². The van der Waals surface area contributed by atoms with Gasteiger partial charge in [0.1, 0.15) is 5.75 Å². The molecule has 0 spiro atoms. The van der Waals surface area contributed by atoms with E-state index in [1.54, 1.807) is 18.9 Å². The van der Waals surface area contributed by atoms with Crippen LogP contribution in [0.25, 0.3) is 0 Å². The molecule has 0 saturated carbocycles. The maximum absolute atomic E-state index is 12.6. The van der Waals surface area contributed by atoms with E-state index in [0.717, 1.165) is 27.6 Å². The molecule has 2 aromatic rings. The summed E-state index contributed by atoms with van der Waals surface area (Å²) in [5, 5.41) is 3.25. The zero-order chi connectivity index (χ0) is 17.9. The highest BCUT2D eigenvalue weighted by Gasteiger charge is 2.34. The van der Waals surface area contributed by atoms with Gasteiger partial charge in [0.15, 0.2) is 0 Å². The molecular formula is C21H24N2O2S. The van der Waals surface area contributed by atoms with E-state index in [4.69, 9.17) is 4.74 Å². The fourth-order valence-electron chi connectivity index (χ4n) is 3.86. The minimum Gasteiger partial charge on any atom is -0.497 e. The quantitative estimate of drug-likeness (QED) is 0.874. The molecule has 3 saturated heterocycles. The molecule has 26 heavy (non-hydrogen) atoms. The van der Waals surface area contributed by atoms with E-state index in [0.29, 0.717) is 12.0 Å². The van der Waals surface area contributed by atoms with E-state index in [-0.39, 0.29) is 5.91 Å². The van der Waals surface area contributed by atoms with E-state index in [2.05, 4.69) is 16.3 Å². The molecule has 1 N–H and O–H groups in total. The topological polar surface area (TPSA) is 41.6 Å². The minimum atomic E-state index is 0.0432. The number of piperidine rings is 3. The van der Waals surface area contributed by atoms with Crippen molar-refractivity contribution in [3.05, 3.63) is 54.1 Å². The van der Waals surface area contributed by atoms with Crippen LogP contribution in [0.15, 0.2) is 58.3 Å². The number of hydrogen-bond donors (Lipinski definition) is 1. The number of rotatable bonds is 5. The second kappa shape index (κ2) is 7.72. The number of carbonyl (C=O) groups excluding carboxylic acids is 1. The van der Waals surface area contributed by atoms with Gasteiger partial charge in [0.05, 0.1) is 7.11 Å². The van der Waals surface area contributed by atoms with Crippen molar-refractivity contribution in [1.29, 1.82) is 0 Å². The summed E-state index contributed by atoms with van der Waals surface area (Å²) < 4.78 is 5.27. The first-order valence-corrected chi connectivity index (χ1v) is 9.98. The molecule has 5 heteroatoms. The molecule has 1 amide bonds. The van der Waals surface area contributed by atoms with Gasteiger partial charge in [0.2, 0.25) is 0 Å². The number of nitrogens with zero attached hydrogens (tertiary/aromatic N) is 1. The molecule has 3 heterocycles. The number of methoxy groups -OCH3 is 1. The summed E-state index contributed by atoms with van der Waals surface area (Å²) in [7, 11) is 1.67. The zero-order valence-electron chi connectivity index (χ0n) is 15.0. The number of fused-ring (bicyclic) bond motifs is 3. The predicted octanol–water partition coefficient (Wildman–Crippen LogP) is 3.67. The second-order valence-corrected chi connectivity index (χ2v) is 8.17. The van der Waals surface area contributed by atoms with Crippen LogP contribution in [0.5, 0.6) is 5.75 Å². The van der Waals surface area contributed by atoms with E-state index in [9.17, 15) is 4.79 Å². The summed E-state index contributed by atoms with van der Waals surface area (Å²) in [6.07, 6.45) is 2.42. The molecule has 0 aliphatic carbocycles. The lowest BCUT2D eigenvalue weighted by Gasteiger charge is -2.44. The van der Waals surface area contributed by atoms with Crippen LogP contribution in [0, 0.1) is 5.92 Å². The Hall–Kier alpha value is -1.98. The van der Waals surface area contributed by atoms with Crippen molar-refractivity contribution in [3.63, 3.8) is 0 Å². The third-order valence-corrected chi connectivity index (χ3v) is 6.36. The SMILES string of the molecule is COc1cccc(Sc2ccc(C(=O)N[C@H]3CN4CCC3CC4)cc2)c1. The first kappa shape index (κ1) is 17.4. The highest BCUT2D eigenvalue weighted by Crippen LogP contribution is 2.30. The Labute approximate surface area is 158 Å². The van der Waals surface area contributed by atoms with Crippen LogP contribution in [0.1, 0.15) is 23.2 Å². The maximum Gasteiger partial charge on any atom is 0.251 e. The number of amides is 1. The van der Waals surface area contributed by atoms with Gasteiger partial charge in [-0.25, -0.2) is 0 Å². The summed E-state index contributed by atoms with van der Waals surface area (Å²) in [5.74, 6) is 1.54. The van der Waals surface area contributed by atoms with Crippen LogP contribution in [-0.2, 0) is 0 Å². The average Bonchev–Trinajstić information content (AvgIpc) is 2.69. The van der Waals surface area contributed by atoms with E-state index < -0.39 is 0 Å². The van der Waals surface area contributed by atoms with Gasteiger partial charge in [-0.2, -0.15) is 0 Å². The highest BCUT2D eigenvalue weighted by molar-refractivity contribution is 7.99. The molecule has 3 fully saturated rings. The lowest BCUT2D eigenvalue weighted by molar-refractivity contribution is 0.0620. The van der Waals surface area contributed by atoms with Crippen molar-refractivity contribution in [3.8, 4) is 5.75 Å². The smallest absolute Gasteiger partial charge is 0.251 e. The largest absolute Gasteiger partial charge is 0.497 e. The van der Waals surface area contributed by atoms with Gasteiger partial charge in [-0.1, -0.05) is 17.8 Å². The molecule has 0 aromatic heterocycles. The predicted molar refractivity (Wildman–Crippen MR) is 104 cm³/mol. The Morgan fingerprint density at radius 3 is 2.54 bits per heavy atom. The number of benzene rings is 2. The minimum absolute atomic E-state index is 0.0432. The fraction of sp³-hybridized carbons (Fsp3) is 0.381. The van der Waals surface area contributed by atoms with Crippen molar-refractivity contribution in [2.45, 2.75) is 28.7 Å². The lowest BCUT2D eigenvalue weighted by Crippen LogP contribution is -2.57. The van der Waals surface area contributed by atoms with Gasteiger partial charge < -0.3 is 15.0 Å². The Bertz CT molecular complexity index is 770. The molecule has 3 aliphatic rings. The zero-order valence-corrected chi connectivity index (χ0v) is 15.8. The van der Waals surface area contributed by atoms with Crippen molar-refractivity contribution in [1.82, 2.24) is 10.2 Å². The molecule has 2 aromatic carbocycles. The first-order valence-electron chi connectivity index (χ1n) is 9.16. The summed E-state index contributed by atoms with van der Waals surface area (Å²) in [4.78, 5) is 17.3. The van der Waals surface area contributed by atoms with Crippen LogP contribution in [-0.4, -0.2) is 43.6 Å². The number of ether oxygens (including phenoxy) is 1. The molecule has 2 bridgehead atoms. The Kier molecular flexibility index (Phi) is 5.18. The number of nitrogens with one attached hydrogen (secondary N) is 1. The molecule has 3 aliphatic heterocycles. The first-order chi connectivity index (χ1) is 12.7. The standard InChI is InChI=1S/C21H24N2O2S/c1-25-17-3-2-4-19(13-17)26-18-7-5-16(6-8-18)21(24)22-20-14-23-11-9-15(20)10-12-23/h2-8,13,15,20H,9-12,14H2,1H3,(H,22,24)/t20-/m0/s1. The van der Waals surface area contributed by atoms with Gasteiger partial charge in [-0.05, 0) is 74.3 Å². The molecular weight excluding hydrogens is 344 g/mol. The van der Waals surface area contributed by atoms with Crippen LogP contribution >= 0.6 is 11.8 Å². The number of carbonyl (C=O) groups is 1. The summed E-state index contributed by atoms with van der Waals surface area (Å²) in [5.41, 5.74) is 0.733. The van der Waals surface area contributed by atoms with Crippen molar-refractivity contribution in [2.24, 2.45) is 5.92 Å². The lowest BCUT2D eigenvalue weighted by atomic mass is 9.84. The van der Waals surface area contributed by atoms with Crippen molar-refractivity contribution >= 4 is 17.7 Å². The van der Waals surface area contributed by atoms with Crippen LogP contribution in [0.2, 0.25) is 0 Å².